The Morgan fingerprint density at radius 3 is 2.62 bits per heavy atom. The van der Waals surface area contributed by atoms with Crippen molar-refractivity contribution < 1.29 is 0 Å². The first kappa shape index (κ1) is 14.0. The highest BCUT2D eigenvalue weighted by Crippen LogP contribution is 2.39. The van der Waals surface area contributed by atoms with E-state index >= 15 is 0 Å². The average Bonchev–Trinajstić information content (AvgIpc) is 3.27. The van der Waals surface area contributed by atoms with E-state index in [4.69, 9.17) is 10.8 Å². The SMILES string of the molecule is CCc1cc(CC)n(-c2nc(C3CC3)nc(NN)c2C)n1. The number of nitrogens with one attached hydrogen (secondary N) is 1. The first-order chi connectivity index (χ1) is 10.2. The first-order valence-electron chi connectivity index (χ1n) is 7.61. The lowest BCUT2D eigenvalue weighted by atomic mass is 10.2. The summed E-state index contributed by atoms with van der Waals surface area (Å²) in [5.74, 6) is 8.50. The van der Waals surface area contributed by atoms with Crippen molar-refractivity contribution in [1.29, 1.82) is 0 Å². The lowest BCUT2D eigenvalue weighted by molar-refractivity contribution is 0.748. The Morgan fingerprint density at radius 1 is 1.29 bits per heavy atom. The van der Waals surface area contributed by atoms with Gasteiger partial charge in [0.05, 0.1) is 5.69 Å². The smallest absolute Gasteiger partial charge is 0.162 e. The summed E-state index contributed by atoms with van der Waals surface area (Å²) in [7, 11) is 0. The summed E-state index contributed by atoms with van der Waals surface area (Å²) in [4.78, 5) is 9.30. The van der Waals surface area contributed by atoms with Crippen molar-refractivity contribution in [3.63, 3.8) is 0 Å². The number of aromatic nitrogens is 4. The molecular formula is C15H22N6. The lowest BCUT2D eigenvalue weighted by Crippen LogP contribution is -2.16. The van der Waals surface area contributed by atoms with Crippen molar-refractivity contribution >= 4 is 5.82 Å². The van der Waals surface area contributed by atoms with Crippen molar-refractivity contribution in [3.8, 4) is 5.82 Å². The highest BCUT2D eigenvalue weighted by atomic mass is 15.3. The fourth-order valence-electron chi connectivity index (χ4n) is 2.48. The maximum Gasteiger partial charge on any atom is 0.162 e. The molecule has 2 heterocycles. The Labute approximate surface area is 124 Å². The van der Waals surface area contributed by atoms with E-state index in [0.717, 1.165) is 48.6 Å². The Kier molecular flexibility index (Phi) is 3.63. The van der Waals surface area contributed by atoms with Gasteiger partial charge in [0.1, 0.15) is 11.6 Å². The number of hydrogen-bond acceptors (Lipinski definition) is 5. The van der Waals surface area contributed by atoms with Crippen LogP contribution in [0, 0.1) is 6.92 Å². The van der Waals surface area contributed by atoms with Gasteiger partial charge in [-0.1, -0.05) is 13.8 Å². The van der Waals surface area contributed by atoms with Crippen LogP contribution in [0.1, 0.15) is 55.4 Å². The van der Waals surface area contributed by atoms with Crippen molar-refractivity contribution in [2.75, 3.05) is 5.43 Å². The summed E-state index contributed by atoms with van der Waals surface area (Å²) in [6.45, 7) is 6.22. The van der Waals surface area contributed by atoms with Gasteiger partial charge < -0.3 is 5.43 Å². The maximum absolute atomic E-state index is 5.62. The van der Waals surface area contributed by atoms with Crippen LogP contribution in [0.5, 0.6) is 0 Å². The van der Waals surface area contributed by atoms with Gasteiger partial charge in [0, 0.05) is 17.2 Å². The highest BCUT2D eigenvalue weighted by Gasteiger charge is 2.28. The van der Waals surface area contributed by atoms with Gasteiger partial charge in [0.15, 0.2) is 5.82 Å². The van der Waals surface area contributed by atoms with E-state index in [1.807, 2.05) is 11.6 Å². The number of anilines is 1. The normalized spacial score (nSPS) is 14.5. The molecule has 6 nitrogen and oxygen atoms in total. The molecule has 3 rings (SSSR count). The van der Waals surface area contributed by atoms with Crippen LogP contribution >= 0.6 is 0 Å². The molecule has 2 aromatic rings. The lowest BCUT2D eigenvalue weighted by Gasteiger charge is -2.13. The summed E-state index contributed by atoms with van der Waals surface area (Å²) in [6, 6.07) is 2.15. The van der Waals surface area contributed by atoms with Gasteiger partial charge in [0.2, 0.25) is 0 Å². The van der Waals surface area contributed by atoms with Gasteiger partial charge >= 0.3 is 0 Å². The second-order valence-electron chi connectivity index (χ2n) is 5.54. The molecule has 0 saturated heterocycles. The molecule has 112 valence electrons. The summed E-state index contributed by atoms with van der Waals surface area (Å²) in [6.07, 6.45) is 4.15. The topological polar surface area (TPSA) is 81.7 Å². The number of rotatable bonds is 5. The molecule has 0 bridgehead atoms. The van der Waals surface area contributed by atoms with E-state index in [1.54, 1.807) is 0 Å². The minimum absolute atomic E-state index is 0.475. The molecule has 0 radical (unpaired) electrons. The van der Waals surface area contributed by atoms with Crippen LogP contribution in [0.4, 0.5) is 5.82 Å². The van der Waals surface area contributed by atoms with Crippen molar-refractivity contribution in [2.24, 2.45) is 5.84 Å². The van der Waals surface area contributed by atoms with E-state index < -0.39 is 0 Å². The van der Waals surface area contributed by atoms with Crippen LogP contribution in [-0.2, 0) is 12.8 Å². The molecular weight excluding hydrogens is 264 g/mol. The Bertz CT molecular complexity index is 656. The Morgan fingerprint density at radius 2 is 2.05 bits per heavy atom. The number of aryl methyl sites for hydroxylation is 2. The van der Waals surface area contributed by atoms with Gasteiger partial charge in [-0.15, -0.1) is 0 Å². The number of nitrogen functional groups attached to an aromatic ring is 1. The van der Waals surface area contributed by atoms with Crippen molar-refractivity contribution in [2.45, 2.75) is 52.4 Å². The third-order valence-corrected chi connectivity index (χ3v) is 3.98. The molecule has 1 aliphatic carbocycles. The van der Waals surface area contributed by atoms with Gasteiger partial charge in [-0.25, -0.2) is 20.5 Å². The predicted octanol–water partition coefficient (Wildman–Crippen LogP) is 2.26. The Balaban J connectivity index is 2.16. The molecule has 0 aliphatic heterocycles. The van der Waals surface area contributed by atoms with E-state index in [0.29, 0.717) is 11.7 Å². The van der Waals surface area contributed by atoms with Crippen molar-refractivity contribution in [3.05, 3.63) is 28.8 Å². The molecule has 2 aromatic heterocycles. The van der Waals surface area contributed by atoms with Crippen LogP contribution in [-0.4, -0.2) is 19.7 Å². The minimum Gasteiger partial charge on any atom is -0.308 e. The third kappa shape index (κ3) is 2.51. The number of nitrogens with zero attached hydrogens (tertiary/aromatic N) is 4. The van der Waals surface area contributed by atoms with Gasteiger partial charge in [-0.3, -0.25) is 0 Å². The van der Waals surface area contributed by atoms with E-state index in [2.05, 4.69) is 35.4 Å². The van der Waals surface area contributed by atoms with Gasteiger partial charge in [-0.2, -0.15) is 5.10 Å². The predicted molar refractivity (Wildman–Crippen MR) is 82.4 cm³/mol. The minimum atomic E-state index is 0.475. The third-order valence-electron chi connectivity index (χ3n) is 3.98. The summed E-state index contributed by atoms with van der Waals surface area (Å²) in [5, 5.41) is 4.68. The van der Waals surface area contributed by atoms with Crippen LogP contribution < -0.4 is 11.3 Å². The molecule has 3 N–H and O–H groups in total. The second kappa shape index (κ2) is 5.44. The molecule has 0 unspecified atom stereocenters. The van der Waals surface area contributed by atoms with Crippen LogP contribution in [0.2, 0.25) is 0 Å². The molecule has 0 amide bonds. The van der Waals surface area contributed by atoms with Gasteiger partial charge in [-0.05, 0) is 38.7 Å². The monoisotopic (exact) mass is 286 g/mol. The van der Waals surface area contributed by atoms with Gasteiger partial charge in [0.25, 0.3) is 0 Å². The summed E-state index contributed by atoms with van der Waals surface area (Å²) < 4.78 is 1.95. The average molecular weight is 286 g/mol. The standard InChI is InChI=1S/C15H22N6/c1-4-11-8-12(5-2)21(20-11)15-9(3)13(19-16)17-14(18-15)10-6-7-10/h8,10H,4-7,16H2,1-3H3,(H,17,18,19). The van der Waals surface area contributed by atoms with E-state index in [9.17, 15) is 0 Å². The number of hydrogen-bond donors (Lipinski definition) is 2. The Hall–Kier alpha value is -1.95. The largest absolute Gasteiger partial charge is 0.308 e. The van der Waals surface area contributed by atoms with E-state index in [-0.39, 0.29) is 0 Å². The molecule has 0 spiro atoms. The van der Waals surface area contributed by atoms with Crippen LogP contribution in [0.3, 0.4) is 0 Å². The fourth-order valence-corrected chi connectivity index (χ4v) is 2.48. The van der Waals surface area contributed by atoms with Crippen molar-refractivity contribution in [1.82, 2.24) is 19.7 Å². The fraction of sp³-hybridized carbons (Fsp3) is 0.533. The second-order valence-corrected chi connectivity index (χ2v) is 5.54. The molecule has 0 atom stereocenters. The zero-order chi connectivity index (χ0) is 15.0. The summed E-state index contributed by atoms with van der Waals surface area (Å²) >= 11 is 0. The van der Waals surface area contributed by atoms with E-state index in [1.165, 1.54) is 5.69 Å². The maximum atomic E-state index is 5.62. The molecule has 1 saturated carbocycles. The molecule has 21 heavy (non-hydrogen) atoms. The quantitative estimate of drug-likeness (QED) is 0.651. The van der Waals surface area contributed by atoms with Crippen LogP contribution in [0.15, 0.2) is 6.07 Å². The summed E-state index contributed by atoms with van der Waals surface area (Å²) in [5.41, 5.74) is 5.88. The number of hydrazine groups is 1. The molecule has 0 aromatic carbocycles. The molecule has 6 heteroatoms. The van der Waals surface area contributed by atoms with Crippen LogP contribution in [0.25, 0.3) is 5.82 Å². The zero-order valence-corrected chi connectivity index (χ0v) is 12.8. The molecule has 1 aliphatic rings. The first-order valence-corrected chi connectivity index (χ1v) is 7.61. The highest BCUT2D eigenvalue weighted by molar-refractivity contribution is 5.51. The zero-order valence-electron chi connectivity index (χ0n) is 12.8. The number of nitrogens with two attached hydrogens (primary N) is 1. The molecule has 1 fully saturated rings.